The third-order valence-corrected chi connectivity index (χ3v) is 4.45. The molecule has 2 N–H and O–H groups in total. The summed E-state index contributed by atoms with van der Waals surface area (Å²) in [5.41, 5.74) is 0.732. The molecule has 0 unspecified atom stereocenters. The molecule has 2 aromatic carbocycles. The molecule has 6 heteroatoms. The molecule has 98 valence electrons. The van der Waals surface area contributed by atoms with Crippen molar-refractivity contribution < 1.29 is 12.8 Å². The Bertz CT molecular complexity index is 731. The highest BCUT2D eigenvalue weighted by Gasteiger charge is 2.30. The molecule has 0 fully saturated rings. The molecule has 19 heavy (non-hydrogen) atoms. The Labute approximate surface area is 110 Å². The minimum absolute atomic E-state index is 0.169. The number of nitrogens with one attached hydrogen (secondary N) is 2. The fourth-order valence-corrected chi connectivity index (χ4v) is 3.37. The van der Waals surface area contributed by atoms with Crippen LogP contribution in [0.3, 0.4) is 0 Å². The van der Waals surface area contributed by atoms with Gasteiger partial charge in [-0.15, -0.1) is 0 Å². The van der Waals surface area contributed by atoms with E-state index in [4.69, 9.17) is 0 Å². The van der Waals surface area contributed by atoms with Gasteiger partial charge in [-0.2, -0.15) is 4.72 Å². The molecule has 0 bridgehead atoms. The topological polar surface area (TPSA) is 58.2 Å². The summed E-state index contributed by atoms with van der Waals surface area (Å²) < 4.78 is 40.3. The lowest BCUT2D eigenvalue weighted by atomic mass is 10.1. The van der Waals surface area contributed by atoms with Gasteiger partial charge < -0.3 is 5.32 Å². The van der Waals surface area contributed by atoms with Gasteiger partial charge in [0.15, 0.2) is 0 Å². The molecule has 0 saturated heterocycles. The molecule has 2 aromatic rings. The van der Waals surface area contributed by atoms with Crippen LogP contribution in [-0.4, -0.2) is 8.42 Å². The van der Waals surface area contributed by atoms with E-state index in [1.54, 1.807) is 36.4 Å². The first-order valence-electron chi connectivity index (χ1n) is 5.70. The predicted octanol–water partition coefficient (Wildman–Crippen LogP) is 2.23. The zero-order valence-electron chi connectivity index (χ0n) is 9.80. The van der Waals surface area contributed by atoms with Gasteiger partial charge in [0.2, 0.25) is 10.0 Å². The van der Waals surface area contributed by atoms with E-state index in [-0.39, 0.29) is 10.5 Å². The summed E-state index contributed by atoms with van der Waals surface area (Å²) in [4.78, 5) is 0.169. The van der Waals surface area contributed by atoms with Crippen molar-refractivity contribution in [3.05, 3.63) is 59.9 Å². The minimum Gasteiger partial charge on any atom is -0.364 e. The lowest BCUT2D eigenvalue weighted by Crippen LogP contribution is -2.38. The second-order valence-corrected chi connectivity index (χ2v) is 5.90. The Morgan fingerprint density at radius 1 is 1.00 bits per heavy atom. The van der Waals surface area contributed by atoms with E-state index in [2.05, 4.69) is 10.0 Å². The third kappa shape index (κ3) is 2.09. The molecule has 0 spiro atoms. The van der Waals surface area contributed by atoms with Crippen LogP contribution < -0.4 is 10.0 Å². The van der Waals surface area contributed by atoms with Crippen molar-refractivity contribution in [2.24, 2.45) is 0 Å². The highest BCUT2D eigenvalue weighted by Crippen LogP contribution is 2.31. The zero-order chi connectivity index (χ0) is 13.5. The second-order valence-electron chi connectivity index (χ2n) is 4.22. The molecule has 0 radical (unpaired) electrons. The minimum atomic E-state index is -3.64. The number of para-hydroxylation sites is 1. The fourth-order valence-electron chi connectivity index (χ4n) is 2.07. The number of halogens is 1. The average Bonchev–Trinajstić information content (AvgIpc) is 2.38. The van der Waals surface area contributed by atoms with Gasteiger partial charge in [0.25, 0.3) is 0 Å². The summed E-state index contributed by atoms with van der Waals surface area (Å²) in [6.07, 6.45) is -0.805. The zero-order valence-corrected chi connectivity index (χ0v) is 10.6. The standard InChI is InChI=1S/C13H11FN2O2S/c14-10-6-2-1-5-9(10)13-15-11-7-3-4-8-12(11)19(17,18)16-13/h1-8,13,15-16H/t13-/m0/s1. The maximum atomic E-state index is 13.7. The summed E-state index contributed by atoms with van der Waals surface area (Å²) >= 11 is 0. The first-order valence-corrected chi connectivity index (χ1v) is 7.18. The van der Waals surface area contributed by atoms with Crippen molar-refractivity contribution in [3.63, 3.8) is 0 Å². The van der Waals surface area contributed by atoms with Crippen LogP contribution in [-0.2, 0) is 10.0 Å². The number of sulfonamides is 1. The average molecular weight is 278 g/mol. The van der Waals surface area contributed by atoms with E-state index in [1.807, 2.05) is 0 Å². The van der Waals surface area contributed by atoms with Gasteiger partial charge in [0.1, 0.15) is 16.9 Å². The number of benzene rings is 2. The van der Waals surface area contributed by atoms with Gasteiger partial charge in [-0.3, -0.25) is 0 Å². The fraction of sp³-hybridized carbons (Fsp3) is 0.0769. The van der Waals surface area contributed by atoms with Crippen molar-refractivity contribution in [2.75, 3.05) is 5.32 Å². The van der Waals surface area contributed by atoms with Crippen LogP contribution in [0.4, 0.5) is 10.1 Å². The molecule has 1 aliphatic heterocycles. The van der Waals surface area contributed by atoms with Gasteiger partial charge in [-0.1, -0.05) is 30.3 Å². The molecule has 3 rings (SSSR count). The van der Waals surface area contributed by atoms with E-state index in [0.717, 1.165) is 0 Å². The summed E-state index contributed by atoms with van der Waals surface area (Å²) in [5, 5.41) is 2.98. The maximum Gasteiger partial charge on any atom is 0.244 e. The monoisotopic (exact) mass is 278 g/mol. The maximum absolute atomic E-state index is 13.7. The summed E-state index contributed by atoms with van der Waals surface area (Å²) in [6.45, 7) is 0. The van der Waals surface area contributed by atoms with Gasteiger partial charge in [-0.05, 0) is 18.2 Å². The molecule has 0 saturated carbocycles. The Morgan fingerprint density at radius 2 is 1.68 bits per heavy atom. The van der Waals surface area contributed by atoms with E-state index in [1.165, 1.54) is 12.1 Å². The molecular weight excluding hydrogens is 267 g/mol. The largest absolute Gasteiger partial charge is 0.364 e. The molecule has 1 aliphatic rings. The van der Waals surface area contributed by atoms with Gasteiger partial charge in [-0.25, -0.2) is 12.8 Å². The third-order valence-electron chi connectivity index (χ3n) is 2.97. The number of hydrogen-bond donors (Lipinski definition) is 2. The van der Waals surface area contributed by atoms with Crippen molar-refractivity contribution in [1.29, 1.82) is 0 Å². The Morgan fingerprint density at radius 3 is 2.47 bits per heavy atom. The molecule has 1 heterocycles. The van der Waals surface area contributed by atoms with Crippen LogP contribution in [0.5, 0.6) is 0 Å². The molecule has 4 nitrogen and oxygen atoms in total. The molecule has 0 amide bonds. The van der Waals surface area contributed by atoms with Crippen LogP contribution in [0.2, 0.25) is 0 Å². The van der Waals surface area contributed by atoms with Crippen molar-refractivity contribution >= 4 is 15.7 Å². The predicted molar refractivity (Wildman–Crippen MR) is 69.5 cm³/mol. The van der Waals surface area contributed by atoms with Crippen molar-refractivity contribution in [3.8, 4) is 0 Å². The van der Waals surface area contributed by atoms with E-state index < -0.39 is 22.0 Å². The van der Waals surface area contributed by atoms with E-state index in [9.17, 15) is 12.8 Å². The Hall–Kier alpha value is -1.92. The SMILES string of the molecule is O=S1(=O)N[C@@H](c2ccccc2F)Nc2ccccc21. The van der Waals surface area contributed by atoms with Crippen LogP contribution >= 0.6 is 0 Å². The van der Waals surface area contributed by atoms with Crippen LogP contribution in [0.15, 0.2) is 53.4 Å². The molecule has 0 aromatic heterocycles. The van der Waals surface area contributed by atoms with E-state index in [0.29, 0.717) is 5.69 Å². The molecular formula is C13H11FN2O2S. The molecule has 0 aliphatic carbocycles. The highest BCUT2D eigenvalue weighted by atomic mass is 32.2. The van der Waals surface area contributed by atoms with Crippen molar-refractivity contribution in [1.82, 2.24) is 4.72 Å². The Kier molecular flexibility index (Phi) is 2.76. The van der Waals surface area contributed by atoms with Crippen molar-refractivity contribution in [2.45, 2.75) is 11.1 Å². The summed E-state index contributed by atoms with van der Waals surface area (Å²) in [7, 11) is -3.64. The van der Waals surface area contributed by atoms with Crippen LogP contribution in [0.25, 0.3) is 0 Å². The van der Waals surface area contributed by atoms with Crippen LogP contribution in [0, 0.1) is 5.82 Å². The number of hydrogen-bond acceptors (Lipinski definition) is 3. The highest BCUT2D eigenvalue weighted by molar-refractivity contribution is 7.89. The molecule has 1 atom stereocenters. The lowest BCUT2D eigenvalue weighted by Gasteiger charge is -2.28. The summed E-state index contributed by atoms with van der Waals surface area (Å²) in [5.74, 6) is -0.456. The number of fused-ring (bicyclic) bond motifs is 1. The number of rotatable bonds is 1. The van der Waals surface area contributed by atoms with Gasteiger partial charge in [0, 0.05) is 5.56 Å². The van der Waals surface area contributed by atoms with Crippen LogP contribution in [0.1, 0.15) is 11.7 Å². The van der Waals surface area contributed by atoms with E-state index >= 15 is 0 Å². The normalized spacial score (nSPS) is 20.4. The van der Waals surface area contributed by atoms with Gasteiger partial charge >= 0.3 is 0 Å². The second kappa shape index (κ2) is 4.32. The summed E-state index contributed by atoms with van der Waals surface area (Å²) in [6, 6.07) is 12.6. The first-order chi connectivity index (χ1) is 9.08. The quantitative estimate of drug-likeness (QED) is 0.841. The first kappa shape index (κ1) is 12.1. The lowest BCUT2D eigenvalue weighted by molar-refractivity contribution is 0.546. The van der Waals surface area contributed by atoms with Gasteiger partial charge in [0.05, 0.1) is 5.69 Å². The number of anilines is 1. The Balaban J connectivity index is 2.09. The smallest absolute Gasteiger partial charge is 0.244 e.